The van der Waals surface area contributed by atoms with Crippen molar-refractivity contribution in [3.63, 3.8) is 0 Å². The number of hydrogen-bond acceptors (Lipinski definition) is 3. The van der Waals surface area contributed by atoms with E-state index in [1.165, 1.54) is 22.8 Å². The Morgan fingerprint density at radius 3 is 2.59 bits per heavy atom. The fourth-order valence-electron chi connectivity index (χ4n) is 3.69. The lowest BCUT2D eigenvalue weighted by Crippen LogP contribution is -2.16. The molecule has 0 bridgehead atoms. The van der Waals surface area contributed by atoms with Crippen LogP contribution in [0.25, 0.3) is 33.5 Å². The molecule has 0 radical (unpaired) electrons. The Labute approximate surface area is 194 Å². The molecule has 0 saturated heterocycles. The van der Waals surface area contributed by atoms with E-state index in [-0.39, 0.29) is 27.8 Å². The van der Waals surface area contributed by atoms with E-state index in [0.717, 1.165) is 12.1 Å². The number of aryl methyl sites for hydroxylation is 1. The second-order valence-electron chi connectivity index (χ2n) is 7.56. The number of alkyl halides is 3. The standard InChI is InChI=1S/C23H14ClF4N5O/c1-33-18-8-5-11(23(26,27)28)9-17(18)32-21(33)22(34)29-12-6-7-15-16(10-12)31-20(30-15)19-13(24)3-2-4-14(19)25/h2-10H,1H3,(H,29,34)(H,30,31). The highest BCUT2D eigenvalue weighted by Gasteiger charge is 2.31. The van der Waals surface area contributed by atoms with Gasteiger partial charge >= 0.3 is 6.18 Å². The third-order valence-electron chi connectivity index (χ3n) is 5.35. The van der Waals surface area contributed by atoms with Gasteiger partial charge in [0.15, 0.2) is 5.82 Å². The maximum Gasteiger partial charge on any atom is 0.416 e. The normalized spacial score (nSPS) is 11.9. The van der Waals surface area contributed by atoms with Gasteiger partial charge in [0.2, 0.25) is 0 Å². The molecule has 0 aliphatic rings. The molecule has 2 heterocycles. The van der Waals surface area contributed by atoms with Crippen molar-refractivity contribution >= 4 is 45.3 Å². The van der Waals surface area contributed by atoms with Crippen LogP contribution in [0.1, 0.15) is 16.2 Å². The number of carbonyl (C=O) groups excluding carboxylic acids is 1. The van der Waals surface area contributed by atoms with Crippen LogP contribution >= 0.6 is 11.6 Å². The molecule has 0 atom stereocenters. The zero-order valence-corrected chi connectivity index (χ0v) is 18.1. The number of anilines is 1. The minimum Gasteiger partial charge on any atom is -0.338 e. The predicted octanol–water partition coefficient (Wildman–Crippen LogP) is 6.18. The summed E-state index contributed by atoms with van der Waals surface area (Å²) in [5.41, 5.74) is 1.13. The van der Waals surface area contributed by atoms with Gasteiger partial charge in [0.05, 0.1) is 38.2 Å². The Kier molecular flexibility index (Phi) is 5.05. The molecule has 5 aromatic rings. The molecule has 0 spiro atoms. The third-order valence-corrected chi connectivity index (χ3v) is 5.67. The first kappa shape index (κ1) is 21.9. The lowest BCUT2D eigenvalue weighted by molar-refractivity contribution is -0.137. The number of imidazole rings is 2. The van der Waals surface area contributed by atoms with Gasteiger partial charge in [0.1, 0.15) is 11.6 Å². The molecular formula is C23H14ClF4N5O. The van der Waals surface area contributed by atoms with Gasteiger partial charge in [-0.1, -0.05) is 17.7 Å². The molecule has 6 nitrogen and oxygen atoms in total. The number of nitrogens with zero attached hydrogens (tertiary/aromatic N) is 3. The molecule has 0 unspecified atom stereocenters. The van der Waals surface area contributed by atoms with Gasteiger partial charge in [-0.3, -0.25) is 4.79 Å². The summed E-state index contributed by atoms with van der Waals surface area (Å²) in [7, 11) is 1.54. The molecular weight excluding hydrogens is 474 g/mol. The van der Waals surface area contributed by atoms with Crippen LogP contribution in [0, 0.1) is 5.82 Å². The van der Waals surface area contributed by atoms with Crippen molar-refractivity contribution < 1.29 is 22.4 Å². The highest BCUT2D eigenvalue weighted by Crippen LogP contribution is 2.32. The zero-order valence-electron chi connectivity index (χ0n) is 17.3. The summed E-state index contributed by atoms with van der Waals surface area (Å²) in [6.45, 7) is 0. The van der Waals surface area contributed by atoms with Crippen LogP contribution < -0.4 is 5.32 Å². The number of amides is 1. The summed E-state index contributed by atoms with van der Waals surface area (Å²) in [5.74, 6) is -0.970. The fraction of sp³-hybridized carbons (Fsp3) is 0.0870. The molecule has 5 rings (SSSR count). The van der Waals surface area contributed by atoms with E-state index < -0.39 is 23.5 Å². The van der Waals surface area contributed by atoms with E-state index in [1.54, 1.807) is 31.3 Å². The number of benzene rings is 3. The SMILES string of the molecule is Cn1c(C(=O)Nc2ccc3[nH]c(-c4c(F)cccc4Cl)nc3c2)nc2cc(C(F)(F)F)ccc21. The lowest BCUT2D eigenvalue weighted by Gasteiger charge is -2.06. The first-order chi connectivity index (χ1) is 16.1. The summed E-state index contributed by atoms with van der Waals surface area (Å²) in [6.07, 6.45) is -4.52. The number of aromatic amines is 1. The molecule has 2 aromatic heterocycles. The molecule has 3 aromatic carbocycles. The Balaban J connectivity index is 1.45. The number of fused-ring (bicyclic) bond motifs is 2. The topological polar surface area (TPSA) is 75.6 Å². The Morgan fingerprint density at radius 1 is 1.06 bits per heavy atom. The van der Waals surface area contributed by atoms with Gasteiger partial charge in [0, 0.05) is 12.7 Å². The third kappa shape index (κ3) is 3.75. The minimum absolute atomic E-state index is 0.0524. The summed E-state index contributed by atoms with van der Waals surface area (Å²) in [5, 5.41) is 2.87. The van der Waals surface area contributed by atoms with Crippen molar-refractivity contribution in [2.24, 2.45) is 7.05 Å². The van der Waals surface area contributed by atoms with E-state index >= 15 is 0 Å². The summed E-state index contributed by atoms with van der Waals surface area (Å²) < 4.78 is 54.7. The van der Waals surface area contributed by atoms with Gasteiger partial charge in [-0.05, 0) is 48.5 Å². The van der Waals surface area contributed by atoms with Crippen LogP contribution in [-0.2, 0) is 13.2 Å². The van der Waals surface area contributed by atoms with Crippen molar-refractivity contribution in [2.45, 2.75) is 6.18 Å². The van der Waals surface area contributed by atoms with Crippen molar-refractivity contribution in [1.29, 1.82) is 0 Å². The smallest absolute Gasteiger partial charge is 0.338 e. The van der Waals surface area contributed by atoms with Crippen LogP contribution in [0.15, 0.2) is 54.6 Å². The number of H-pyrrole nitrogens is 1. The second kappa shape index (κ2) is 7.84. The first-order valence-corrected chi connectivity index (χ1v) is 10.3. The Morgan fingerprint density at radius 2 is 1.85 bits per heavy atom. The maximum atomic E-state index is 14.2. The van der Waals surface area contributed by atoms with Crippen LogP contribution in [0.5, 0.6) is 0 Å². The summed E-state index contributed by atoms with van der Waals surface area (Å²) in [4.78, 5) is 24.3. The molecule has 34 heavy (non-hydrogen) atoms. The monoisotopic (exact) mass is 487 g/mol. The number of carbonyl (C=O) groups is 1. The fourth-order valence-corrected chi connectivity index (χ4v) is 3.94. The van der Waals surface area contributed by atoms with E-state index in [2.05, 4.69) is 20.3 Å². The largest absolute Gasteiger partial charge is 0.416 e. The molecule has 11 heteroatoms. The van der Waals surface area contributed by atoms with Crippen LogP contribution in [0.3, 0.4) is 0 Å². The van der Waals surface area contributed by atoms with Crippen LogP contribution in [0.2, 0.25) is 5.02 Å². The van der Waals surface area contributed by atoms with E-state index in [9.17, 15) is 22.4 Å². The lowest BCUT2D eigenvalue weighted by atomic mass is 10.2. The van der Waals surface area contributed by atoms with Crippen molar-refractivity contribution in [3.05, 3.63) is 76.8 Å². The number of halogens is 5. The minimum atomic E-state index is -4.52. The van der Waals surface area contributed by atoms with E-state index in [0.29, 0.717) is 22.2 Å². The number of rotatable bonds is 3. The quantitative estimate of drug-likeness (QED) is 0.298. The second-order valence-corrected chi connectivity index (χ2v) is 7.97. The van der Waals surface area contributed by atoms with E-state index in [4.69, 9.17) is 11.6 Å². The van der Waals surface area contributed by atoms with Gasteiger partial charge in [-0.2, -0.15) is 13.2 Å². The average molecular weight is 488 g/mol. The highest BCUT2D eigenvalue weighted by atomic mass is 35.5. The number of aromatic nitrogens is 4. The summed E-state index contributed by atoms with van der Waals surface area (Å²) >= 11 is 6.11. The van der Waals surface area contributed by atoms with E-state index in [1.807, 2.05) is 0 Å². The van der Waals surface area contributed by atoms with Gasteiger partial charge in [-0.15, -0.1) is 0 Å². The molecule has 0 aliphatic carbocycles. The van der Waals surface area contributed by atoms with Crippen molar-refractivity contribution in [3.8, 4) is 11.4 Å². The van der Waals surface area contributed by atoms with Crippen molar-refractivity contribution in [2.75, 3.05) is 5.32 Å². The zero-order chi connectivity index (χ0) is 24.2. The summed E-state index contributed by atoms with van der Waals surface area (Å²) in [6, 6.07) is 12.3. The predicted molar refractivity (Wildman–Crippen MR) is 120 cm³/mol. The van der Waals surface area contributed by atoms with Gasteiger partial charge in [-0.25, -0.2) is 14.4 Å². The van der Waals surface area contributed by atoms with Gasteiger partial charge in [0.25, 0.3) is 5.91 Å². The number of hydrogen-bond donors (Lipinski definition) is 2. The maximum absolute atomic E-state index is 14.2. The Hall–Kier alpha value is -3.92. The molecule has 0 saturated carbocycles. The molecule has 0 fully saturated rings. The van der Waals surface area contributed by atoms with Crippen LogP contribution in [-0.4, -0.2) is 25.4 Å². The molecule has 1 amide bonds. The van der Waals surface area contributed by atoms with Crippen molar-refractivity contribution in [1.82, 2.24) is 19.5 Å². The molecule has 2 N–H and O–H groups in total. The average Bonchev–Trinajstić information content (AvgIpc) is 3.33. The van der Waals surface area contributed by atoms with Crippen LogP contribution in [0.4, 0.5) is 23.2 Å². The van der Waals surface area contributed by atoms with Gasteiger partial charge < -0.3 is 14.9 Å². The molecule has 0 aliphatic heterocycles. The molecule has 172 valence electrons. The Bertz CT molecular complexity index is 1570. The number of nitrogens with one attached hydrogen (secondary N) is 2. The highest BCUT2D eigenvalue weighted by molar-refractivity contribution is 6.33. The first-order valence-electron chi connectivity index (χ1n) is 9.91.